The Bertz CT molecular complexity index is 894. The fourth-order valence-corrected chi connectivity index (χ4v) is 3.56. The second-order valence-corrected chi connectivity index (χ2v) is 6.46. The molecule has 25 heavy (non-hydrogen) atoms. The topological polar surface area (TPSA) is 93.5 Å². The zero-order valence-corrected chi connectivity index (χ0v) is 15.0. The van der Waals surface area contributed by atoms with Crippen LogP contribution in [0.25, 0.3) is 0 Å². The Morgan fingerprint density at radius 1 is 1.44 bits per heavy atom. The van der Waals surface area contributed by atoms with E-state index < -0.39 is 5.92 Å². The third kappa shape index (κ3) is 3.09. The number of ether oxygens (including phenoxy) is 1. The fraction of sp³-hybridized carbons (Fsp3) is 0.353. The number of carbonyl (C=O) groups is 1. The molecule has 0 spiro atoms. The molecule has 0 bridgehead atoms. The summed E-state index contributed by atoms with van der Waals surface area (Å²) in [7, 11) is 1.77. The van der Waals surface area contributed by atoms with Gasteiger partial charge in [0.1, 0.15) is 5.82 Å². The van der Waals surface area contributed by atoms with Crippen LogP contribution in [0.2, 0.25) is 0 Å². The number of amides is 1. The lowest BCUT2D eigenvalue weighted by atomic mass is 9.86. The first-order valence-electron chi connectivity index (χ1n) is 7.86. The summed E-state index contributed by atoms with van der Waals surface area (Å²) in [6.07, 6.45) is 1.96. The van der Waals surface area contributed by atoms with Crippen LogP contribution >= 0.6 is 11.8 Å². The van der Waals surface area contributed by atoms with E-state index in [9.17, 15) is 14.7 Å². The van der Waals surface area contributed by atoms with Gasteiger partial charge in [0.2, 0.25) is 5.91 Å². The molecule has 8 heteroatoms. The van der Waals surface area contributed by atoms with Gasteiger partial charge in [-0.05, 0) is 30.9 Å². The maximum atomic E-state index is 12.6. The Morgan fingerprint density at radius 2 is 2.20 bits per heavy atom. The van der Waals surface area contributed by atoms with Gasteiger partial charge in [-0.15, -0.1) is 0 Å². The van der Waals surface area contributed by atoms with Gasteiger partial charge in [0.15, 0.2) is 16.7 Å². The van der Waals surface area contributed by atoms with Gasteiger partial charge in [-0.2, -0.15) is 4.98 Å². The average Bonchev–Trinajstić information content (AvgIpc) is 2.59. The number of aromatic hydroxyl groups is 1. The number of carbonyl (C=O) groups excluding carboxylic acids is 1. The van der Waals surface area contributed by atoms with Crippen LogP contribution in [-0.2, 0) is 11.8 Å². The van der Waals surface area contributed by atoms with Crippen molar-refractivity contribution in [2.45, 2.75) is 24.4 Å². The smallest absolute Gasteiger partial charge is 0.279 e. The number of hydrogen-bond acceptors (Lipinski definition) is 6. The van der Waals surface area contributed by atoms with Gasteiger partial charge in [-0.1, -0.05) is 17.8 Å². The van der Waals surface area contributed by atoms with Crippen LogP contribution in [0.4, 0.5) is 5.82 Å². The van der Waals surface area contributed by atoms with Crippen molar-refractivity contribution in [3.63, 3.8) is 0 Å². The molecule has 1 aliphatic heterocycles. The van der Waals surface area contributed by atoms with E-state index in [1.54, 1.807) is 23.7 Å². The third-order valence-corrected chi connectivity index (χ3v) is 4.90. The molecule has 1 aliphatic rings. The van der Waals surface area contributed by atoms with Crippen LogP contribution in [-0.4, -0.2) is 33.4 Å². The maximum Gasteiger partial charge on any atom is 0.279 e. The minimum atomic E-state index is -0.439. The summed E-state index contributed by atoms with van der Waals surface area (Å²) >= 11 is 1.34. The summed E-state index contributed by atoms with van der Waals surface area (Å²) in [5, 5.41) is 13.2. The van der Waals surface area contributed by atoms with Gasteiger partial charge in [0, 0.05) is 19.4 Å². The first kappa shape index (κ1) is 17.3. The molecule has 0 fully saturated rings. The molecule has 1 unspecified atom stereocenters. The molecule has 2 aromatic rings. The predicted octanol–water partition coefficient (Wildman–Crippen LogP) is 2.08. The molecular weight excluding hydrogens is 342 g/mol. The van der Waals surface area contributed by atoms with Crippen LogP contribution in [0.5, 0.6) is 11.5 Å². The Morgan fingerprint density at radius 3 is 2.88 bits per heavy atom. The molecule has 2 heterocycles. The van der Waals surface area contributed by atoms with Crippen molar-refractivity contribution in [3.05, 3.63) is 39.7 Å². The molecule has 1 amide bonds. The molecule has 0 aliphatic carbocycles. The standard InChI is InChI=1S/C17H19N3O4S/c1-4-24-12-7-9(5-6-11(12)21)10-8-13(22)18-15-14(10)16(23)19-17(25-3)20(15)2/h5-7,10,21H,4,8H2,1-3H3,(H,18,22). The van der Waals surface area contributed by atoms with Gasteiger partial charge < -0.3 is 19.7 Å². The second kappa shape index (κ2) is 6.79. The molecule has 0 saturated heterocycles. The monoisotopic (exact) mass is 361 g/mol. The summed E-state index contributed by atoms with van der Waals surface area (Å²) in [4.78, 5) is 28.9. The summed E-state index contributed by atoms with van der Waals surface area (Å²) in [6, 6.07) is 4.89. The number of nitrogens with zero attached hydrogens (tertiary/aromatic N) is 2. The van der Waals surface area contributed by atoms with Crippen LogP contribution in [0.3, 0.4) is 0 Å². The molecule has 0 radical (unpaired) electrons. The lowest BCUT2D eigenvalue weighted by Crippen LogP contribution is -2.33. The summed E-state index contributed by atoms with van der Waals surface area (Å²) in [5.74, 6) is 0.215. The van der Waals surface area contributed by atoms with E-state index in [1.807, 2.05) is 13.2 Å². The van der Waals surface area contributed by atoms with Crippen LogP contribution in [0.15, 0.2) is 28.2 Å². The van der Waals surface area contributed by atoms with Crippen molar-refractivity contribution in [2.75, 3.05) is 18.2 Å². The largest absolute Gasteiger partial charge is 0.504 e. The highest BCUT2D eigenvalue weighted by Crippen LogP contribution is 2.38. The predicted molar refractivity (Wildman–Crippen MR) is 95.6 cm³/mol. The van der Waals surface area contributed by atoms with E-state index in [0.29, 0.717) is 28.9 Å². The molecule has 3 rings (SSSR count). The van der Waals surface area contributed by atoms with Crippen molar-refractivity contribution >= 4 is 23.5 Å². The first-order chi connectivity index (χ1) is 12.0. The Labute approximate surface area is 149 Å². The number of fused-ring (bicyclic) bond motifs is 1. The number of thioether (sulfide) groups is 1. The molecule has 1 atom stereocenters. The number of rotatable bonds is 4. The Balaban J connectivity index is 2.18. The third-order valence-electron chi connectivity index (χ3n) is 4.17. The van der Waals surface area contributed by atoms with Crippen LogP contribution < -0.4 is 15.6 Å². The molecule has 1 aromatic heterocycles. The normalized spacial score (nSPS) is 16.3. The number of phenolic OH excluding ortho intramolecular Hbond substituents is 1. The quantitative estimate of drug-likeness (QED) is 0.640. The highest BCUT2D eigenvalue weighted by molar-refractivity contribution is 7.98. The summed E-state index contributed by atoms with van der Waals surface area (Å²) in [5.41, 5.74) is 0.828. The Hall–Kier alpha value is -2.48. The van der Waals surface area contributed by atoms with Gasteiger partial charge in [-0.3, -0.25) is 9.59 Å². The summed E-state index contributed by atoms with van der Waals surface area (Å²) in [6.45, 7) is 2.22. The van der Waals surface area contributed by atoms with Gasteiger partial charge in [0.05, 0.1) is 12.2 Å². The van der Waals surface area contributed by atoms with E-state index in [4.69, 9.17) is 4.74 Å². The zero-order valence-electron chi connectivity index (χ0n) is 14.2. The summed E-state index contributed by atoms with van der Waals surface area (Å²) < 4.78 is 7.14. The number of benzene rings is 1. The number of phenols is 1. The fourth-order valence-electron chi connectivity index (χ4n) is 3.02. The van der Waals surface area contributed by atoms with Crippen molar-refractivity contribution in [1.82, 2.24) is 9.55 Å². The molecule has 2 N–H and O–H groups in total. The molecular formula is C17H19N3O4S. The zero-order chi connectivity index (χ0) is 18.1. The number of hydrogen-bond donors (Lipinski definition) is 2. The molecule has 7 nitrogen and oxygen atoms in total. The Kier molecular flexibility index (Phi) is 4.71. The van der Waals surface area contributed by atoms with Crippen molar-refractivity contribution in [1.29, 1.82) is 0 Å². The highest BCUT2D eigenvalue weighted by atomic mass is 32.2. The number of aromatic nitrogens is 2. The van der Waals surface area contributed by atoms with E-state index in [0.717, 1.165) is 5.56 Å². The van der Waals surface area contributed by atoms with Gasteiger partial charge in [-0.25, -0.2) is 0 Å². The average molecular weight is 361 g/mol. The number of anilines is 1. The minimum absolute atomic E-state index is 0.0230. The van der Waals surface area contributed by atoms with E-state index in [-0.39, 0.29) is 23.6 Å². The van der Waals surface area contributed by atoms with Crippen molar-refractivity contribution in [2.24, 2.45) is 7.05 Å². The molecule has 0 saturated carbocycles. The van der Waals surface area contributed by atoms with E-state index in [2.05, 4.69) is 10.3 Å². The van der Waals surface area contributed by atoms with Crippen LogP contribution in [0, 0.1) is 0 Å². The van der Waals surface area contributed by atoms with Crippen LogP contribution in [0.1, 0.15) is 30.4 Å². The van der Waals surface area contributed by atoms with Gasteiger partial charge in [0.25, 0.3) is 5.56 Å². The highest BCUT2D eigenvalue weighted by Gasteiger charge is 2.32. The number of nitrogens with one attached hydrogen (secondary N) is 1. The lowest BCUT2D eigenvalue weighted by molar-refractivity contribution is -0.116. The second-order valence-electron chi connectivity index (χ2n) is 5.69. The van der Waals surface area contributed by atoms with E-state index >= 15 is 0 Å². The SMILES string of the molecule is CCOc1cc(C2CC(=O)Nc3c2c(=O)nc(SC)n3C)ccc1O. The first-order valence-corrected chi connectivity index (χ1v) is 9.09. The minimum Gasteiger partial charge on any atom is -0.504 e. The molecule has 132 valence electrons. The lowest BCUT2D eigenvalue weighted by Gasteiger charge is -2.27. The molecule has 1 aromatic carbocycles. The van der Waals surface area contributed by atoms with Gasteiger partial charge >= 0.3 is 0 Å². The maximum absolute atomic E-state index is 12.6. The van der Waals surface area contributed by atoms with Crippen molar-refractivity contribution in [3.8, 4) is 11.5 Å². The van der Waals surface area contributed by atoms with Crippen molar-refractivity contribution < 1.29 is 14.6 Å². The van der Waals surface area contributed by atoms with E-state index in [1.165, 1.54) is 17.8 Å².